The van der Waals surface area contributed by atoms with Gasteiger partial charge in [-0.3, -0.25) is 0 Å². The third-order valence-corrected chi connectivity index (χ3v) is 3.38. The van der Waals surface area contributed by atoms with Crippen LogP contribution in [-0.2, 0) is 31.0 Å². The van der Waals surface area contributed by atoms with E-state index < -0.39 is 0 Å². The molecule has 1 unspecified atom stereocenters. The maximum atomic E-state index is 7.50. The van der Waals surface area contributed by atoms with E-state index in [-0.39, 0.29) is 17.1 Å². The number of fused-ring (bicyclic) bond motifs is 1. The molecule has 0 saturated carbocycles. The van der Waals surface area contributed by atoms with Crippen LogP contribution in [0.1, 0.15) is 23.5 Å². The Balaban J connectivity index is 0. The fraction of sp³-hybridized carbons (Fsp3) is 0.167. The molecule has 0 aliphatic heterocycles. The Morgan fingerprint density at radius 3 is 2.29 bits per heavy atom. The number of hydrogen-bond donors (Lipinski definition) is 1. The second-order valence-corrected chi connectivity index (χ2v) is 4.52. The van der Waals surface area contributed by atoms with E-state index in [1.165, 1.54) is 5.56 Å². The van der Waals surface area contributed by atoms with Crippen molar-refractivity contribution in [1.82, 2.24) is 0 Å². The van der Waals surface area contributed by atoms with Gasteiger partial charge in [-0.25, -0.2) is 0 Å². The van der Waals surface area contributed by atoms with E-state index in [4.69, 9.17) is 24.1 Å². The van der Waals surface area contributed by atoms with Gasteiger partial charge < -0.3 is 10.2 Å². The average molecular weight is 365 g/mol. The largest absolute Gasteiger partial charge is 0 e. The number of furan rings is 1. The Kier molecular flexibility index (Phi) is 13.3. The second kappa shape index (κ2) is 13.2. The molecule has 1 atom stereocenters. The van der Waals surface area contributed by atoms with Crippen molar-refractivity contribution in [3.63, 3.8) is 0 Å². The van der Waals surface area contributed by atoms with Gasteiger partial charge >= 0.3 is 33.9 Å². The normalized spacial score (nSPS) is 13.7. The molecule has 124 valence electrons. The van der Waals surface area contributed by atoms with Crippen LogP contribution >= 0.6 is 0 Å². The van der Waals surface area contributed by atoms with Crippen LogP contribution in [0.2, 0.25) is 0 Å². The minimum atomic E-state index is 0. The van der Waals surface area contributed by atoms with Crippen LogP contribution in [0.3, 0.4) is 0 Å². The van der Waals surface area contributed by atoms with E-state index in [0.29, 0.717) is 5.92 Å². The standard InChI is InChI=1S/C15H15NO.3CO.Fe/c1-10-9-13(11-5-3-2-4-6-11)14(16)12-7-8-17-15(10)12;3*1-2;/h2-5,7-9,11H,6,16H2,1H3;;;;. The summed E-state index contributed by atoms with van der Waals surface area (Å²) in [7, 11) is 0. The van der Waals surface area contributed by atoms with Crippen LogP contribution in [0.4, 0.5) is 5.69 Å². The third-order valence-electron chi connectivity index (χ3n) is 3.38. The fourth-order valence-electron chi connectivity index (χ4n) is 2.48. The van der Waals surface area contributed by atoms with Crippen LogP contribution in [0.25, 0.3) is 11.0 Å². The van der Waals surface area contributed by atoms with Crippen molar-refractivity contribution in [3.05, 3.63) is 73.8 Å². The van der Waals surface area contributed by atoms with Gasteiger partial charge in [-0.15, -0.1) is 0 Å². The number of anilines is 1. The first-order chi connectivity index (χ1) is 11.3. The van der Waals surface area contributed by atoms with Gasteiger partial charge in [0.15, 0.2) is 0 Å². The van der Waals surface area contributed by atoms with Crippen LogP contribution in [0, 0.1) is 26.9 Å². The summed E-state index contributed by atoms with van der Waals surface area (Å²) in [4.78, 5) is 0. The predicted molar refractivity (Wildman–Crippen MR) is 82.8 cm³/mol. The molecular formula is C18H15FeNO4. The average Bonchev–Trinajstić information content (AvgIpc) is 3.15. The molecule has 1 aromatic carbocycles. The summed E-state index contributed by atoms with van der Waals surface area (Å²) in [6.45, 7) is 15.6. The Labute approximate surface area is 151 Å². The smallest absolute Gasteiger partial charge is 0 e. The van der Waals surface area contributed by atoms with Crippen molar-refractivity contribution in [2.45, 2.75) is 19.3 Å². The number of benzene rings is 1. The van der Waals surface area contributed by atoms with Gasteiger partial charge in [-0.2, -0.15) is 0 Å². The van der Waals surface area contributed by atoms with Crippen LogP contribution in [0.15, 0.2) is 47.1 Å². The summed E-state index contributed by atoms with van der Waals surface area (Å²) in [5.41, 5.74) is 10.4. The maximum Gasteiger partial charge on any atom is 0 e. The molecule has 0 amide bonds. The molecule has 1 aromatic heterocycles. The zero-order valence-electron chi connectivity index (χ0n) is 12.9. The molecule has 1 aliphatic carbocycles. The monoisotopic (exact) mass is 365 g/mol. The molecule has 0 bridgehead atoms. The van der Waals surface area contributed by atoms with Crippen molar-refractivity contribution >= 4 is 16.7 Å². The van der Waals surface area contributed by atoms with Gasteiger partial charge in [0.2, 0.25) is 0 Å². The molecule has 24 heavy (non-hydrogen) atoms. The van der Waals surface area contributed by atoms with E-state index >= 15 is 0 Å². The van der Waals surface area contributed by atoms with Crippen LogP contribution in [-0.4, -0.2) is 0 Å². The molecule has 2 aromatic rings. The number of allylic oxidation sites excluding steroid dienone is 4. The van der Waals surface area contributed by atoms with E-state index in [9.17, 15) is 0 Å². The molecule has 0 saturated heterocycles. The maximum absolute atomic E-state index is 7.50. The molecular weight excluding hydrogens is 350 g/mol. The number of rotatable bonds is 1. The molecule has 3 rings (SSSR count). The predicted octanol–water partition coefficient (Wildman–Crippen LogP) is 3.81. The van der Waals surface area contributed by atoms with Gasteiger partial charge in [-0.1, -0.05) is 24.3 Å². The summed E-state index contributed by atoms with van der Waals surface area (Å²) in [5, 5.41) is 1.03. The zero-order valence-corrected chi connectivity index (χ0v) is 14.0. The Morgan fingerprint density at radius 1 is 1.12 bits per heavy atom. The Morgan fingerprint density at radius 2 is 1.75 bits per heavy atom. The third kappa shape index (κ3) is 5.45. The van der Waals surface area contributed by atoms with Crippen molar-refractivity contribution in [2.75, 3.05) is 5.73 Å². The number of nitrogens with two attached hydrogens (primary N) is 1. The number of aryl methyl sites for hydroxylation is 1. The number of nitrogen functional groups attached to an aromatic ring is 1. The molecule has 1 heterocycles. The molecule has 5 nitrogen and oxygen atoms in total. The Hall–Kier alpha value is -2.22. The Bertz CT molecular complexity index is 739. The van der Waals surface area contributed by atoms with Crippen molar-refractivity contribution < 1.29 is 35.4 Å². The van der Waals surface area contributed by atoms with Crippen molar-refractivity contribution in [1.29, 1.82) is 0 Å². The summed E-state index contributed by atoms with van der Waals surface area (Å²) in [6.07, 6.45) is 11.3. The summed E-state index contributed by atoms with van der Waals surface area (Å²) >= 11 is 0. The van der Waals surface area contributed by atoms with Crippen LogP contribution < -0.4 is 5.73 Å². The van der Waals surface area contributed by atoms with E-state index in [1.54, 1.807) is 6.26 Å². The summed E-state index contributed by atoms with van der Waals surface area (Å²) in [6, 6.07) is 4.10. The topological polar surface area (TPSA) is 98.9 Å². The summed E-state index contributed by atoms with van der Waals surface area (Å²) < 4.78 is 28.0. The first-order valence-corrected chi connectivity index (χ1v) is 6.48. The molecule has 0 spiro atoms. The molecule has 0 fully saturated rings. The van der Waals surface area contributed by atoms with E-state index in [2.05, 4.69) is 57.2 Å². The quantitative estimate of drug-likeness (QED) is 0.360. The van der Waals surface area contributed by atoms with Crippen molar-refractivity contribution in [3.8, 4) is 0 Å². The first-order valence-electron chi connectivity index (χ1n) is 6.48. The molecule has 2 N–H and O–H groups in total. The fourth-order valence-corrected chi connectivity index (χ4v) is 2.48. The van der Waals surface area contributed by atoms with E-state index in [0.717, 1.165) is 28.6 Å². The molecule has 6 heteroatoms. The minimum absolute atomic E-state index is 0. The van der Waals surface area contributed by atoms with Gasteiger partial charge in [0, 0.05) is 34.1 Å². The summed E-state index contributed by atoms with van der Waals surface area (Å²) in [5.74, 6) is 0.387. The van der Waals surface area contributed by atoms with E-state index in [1.807, 2.05) is 6.07 Å². The minimum Gasteiger partial charge on any atom is 0 e. The van der Waals surface area contributed by atoms with Crippen molar-refractivity contribution in [2.24, 2.45) is 0 Å². The number of hydrogen-bond acceptors (Lipinski definition) is 2. The zero-order chi connectivity index (χ0) is 17.8. The molecule has 1 aliphatic rings. The molecule has 0 radical (unpaired) electrons. The van der Waals surface area contributed by atoms with Crippen LogP contribution in [0.5, 0.6) is 0 Å². The SMILES string of the molecule is Cc1cc(C2C=CC=CC2)c(N)c2ccoc12.[C-]#[O+].[C-]#[O+].[C-]#[O+].[Fe]. The second-order valence-electron chi connectivity index (χ2n) is 4.52. The van der Waals surface area contributed by atoms with Gasteiger partial charge in [0.25, 0.3) is 0 Å². The van der Waals surface area contributed by atoms with Gasteiger partial charge in [-0.05, 0) is 36.6 Å². The first kappa shape index (κ1) is 24.0. The van der Waals surface area contributed by atoms with Gasteiger partial charge in [0.05, 0.1) is 6.26 Å². The van der Waals surface area contributed by atoms with Gasteiger partial charge in [0.1, 0.15) is 5.58 Å².